The lowest BCUT2D eigenvalue weighted by Gasteiger charge is -2.55. The zero-order chi connectivity index (χ0) is 14.5. The van der Waals surface area contributed by atoms with Crippen molar-refractivity contribution in [1.29, 1.82) is 0 Å². The molecule has 2 saturated heterocycles. The van der Waals surface area contributed by atoms with Crippen molar-refractivity contribution in [3.8, 4) is 0 Å². The SMILES string of the molecule is CC1=CC2OC3C(O)CC(C)(C34CO4)C2(O)C(O)C1=O.O. The molecule has 4 rings (SSSR count). The zero-order valence-corrected chi connectivity index (χ0v) is 11.9. The van der Waals surface area contributed by atoms with Crippen molar-refractivity contribution in [3.63, 3.8) is 0 Å². The minimum Gasteiger partial charge on any atom is -0.412 e. The zero-order valence-electron chi connectivity index (χ0n) is 11.9. The van der Waals surface area contributed by atoms with E-state index in [1.54, 1.807) is 19.9 Å². The summed E-state index contributed by atoms with van der Waals surface area (Å²) in [7, 11) is 0. The van der Waals surface area contributed by atoms with Crippen molar-refractivity contribution < 1.29 is 35.1 Å². The van der Waals surface area contributed by atoms with Gasteiger partial charge in [0.1, 0.15) is 29.5 Å². The fraction of sp³-hybridized carbons (Fsp3) is 0.786. The molecule has 0 radical (unpaired) electrons. The molecule has 4 aliphatic rings. The van der Waals surface area contributed by atoms with E-state index in [0.29, 0.717) is 12.2 Å². The van der Waals surface area contributed by atoms with Gasteiger partial charge in [-0.1, -0.05) is 6.92 Å². The van der Waals surface area contributed by atoms with E-state index in [4.69, 9.17) is 9.47 Å². The Balaban J connectivity index is 0.00000132. The Hall–Kier alpha value is -0.830. The Morgan fingerprint density at radius 2 is 2.00 bits per heavy atom. The van der Waals surface area contributed by atoms with Gasteiger partial charge in [-0.2, -0.15) is 0 Å². The van der Waals surface area contributed by atoms with Crippen LogP contribution in [0.1, 0.15) is 20.3 Å². The molecule has 7 nitrogen and oxygen atoms in total. The second kappa shape index (κ2) is 3.92. The van der Waals surface area contributed by atoms with Crippen LogP contribution in [0, 0.1) is 5.41 Å². The van der Waals surface area contributed by atoms with E-state index in [2.05, 4.69) is 0 Å². The van der Waals surface area contributed by atoms with Gasteiger partial charge in [-0.05, 0) is 25.0 Å². The summed E-state index contributed by atoms with van der Waals surface area (Å²) in [6, 6.07) is 0. The van der Waals surface area contributed by atoms with Gasteiger partial charge >= 0.3 is 0 Å². The smallest absolute Gasteiger partial charge is 0.189 e. The Labute approximate surface area is 121 Å². The predicted molar refractivity (Wildman–Crippen MR) is 69.4 cm³/mol. The summed E-state index contributed by atoms with van der Waals surface area (Å²) >= 11 is 0. The second-order valence-corrected chi connectivity index (χ2v) is 6.70. The lowest BCUT2D eigenvalue weighted by atomic mass is 9.57. The molecule has 5 N–H and O–H groups in total. The van der Waals surface area contributed by atoms with Crippen LogP contribution < -0.4 is 0 Å². The number of rotatable bonds is 0. The Morgan fingerprint density at radius 1 is 1.38 bits per heavy atom. The number of ketones is 1. The molecule has 0 aromatic rings. The number of hydrogen-bond acceptors (Lipinski definition) is 6. The third-order valence-electron chi connectivity index (χ3n) is 5.88. The lowest BCUT2D eigenvalue weighted by Crippen LogP contribution is -2.73. The van der Waals surface area contributed by atoms with Crippen molar-refractivity contribution in [3.05, 3.63) is 11.6 Å². The second-order valence-electron chi connectivity index (χ2n) is 6.70. The molecule has 118 valence electrons. The molecule has 0 aromatic heterocycles. The first-order chi connectivity index (χ1) is 9.28. The fourth-order valence-electron chi connectivity index (χ4n) is 4.51. The first kappa shape index (κ1) is 15.1. The average Bonchev–Trinajstić information content (AvgIpc) is 3.15. The fourth-order valence-corrected chi connectivity index (χ4v) is 4.51. The van der Waals surface area contributed by atoms with Crippen LogP contribution in [-0.2, 0) is 14.3 Å². The van der Waals surface area contributed by atoms with E-state index in [9.17, 15) is 20.1 Å². The standard InChI is InChI=1S/C14H18O6.H2O/c1-6-3-8-14(18,10(17)9(6)16)12(2)4-7(15)11(20-8)13(12)5-19-13;/h3,7-8,10-11,15,17-18H,4-5H2,1-2H3;1H2. The average molecular weight is 300 g/mol. The quantitative estimate of drug-likeness (QED) is 0.447. The van der Waals surface area contributed by atoms with Crippen LogP contribution in [0.5, 0.6) is 0 Å². The highest BCUT2D eigenvalue weighted by Crippen LogP contribution is 2.67. The molecule has 21 heavy (non-hydrogen) atoms. The summed E-state index contributed by atoms with van der Waals surface area (Å²) in [4.78, 5) is 12.1. The number of aliphatic hydroxyl groups excluding tert-OH is 2. The molecule has 0 amide bonds. The number of hydrogen-bond donors (Lipinski definition) is 3. The van der Waals surface area contributed by atoms with Crippen LogP contribution in [0.25, 0.3) is 0 Å². The number of carbonyl (C=O) groups is 1. The van der Waals surface area contributed by atoms with Gasteiger partial charge in [0.25, 0.3) is 0 Å². The predicted octanol–water partition coefficient (Wildman–Crippen LogP) is -1.91. The van der Waals surface area contributed by atoms with E-state index in [0.717, 1.165) is 0 Å². The summed E-state index contributed by atoms with van der Waals surface area (Å²) in [5.41, 5.74) is -3.11. The highest BCUT2D eigenvalue weighted by molar-refractivity contribution is 6.00. The maximum absolute atomic E-state index is 12.1. The topological polar surface area (TPSA) is 131 Å². The molecule has 1 saturated carbocycles. The molecule has 2 heterocycles. The molecule has 2 aliphatic heterocycles. The van der Waals surface area contributed by atoms with E-state index in [1.165, 1.54) is 0 Å². The molecular weight excluding hydrogens is 280 g/mol. The molecule has 7 atom stereocenters. The number of epoxide rings is 1. The maximum Gasteiger partial charge on any atom is 0.189 e. The monoisotopic (exact) mass is 300 g/mol. The number of ether oxygens (including phenoxy) is 2. The van der Waals surface area contributed by atoms with Crippen LogP contribution >= 0.6 is 0 Å². The van der Waals surface area contributed by atoms with Crippen molar-refractivity contribution in [1.82, 2.24) is 0 Å². The molecule has 2 bridgehead atoms. The van der Waals surface area contributed by atoms with Crippen molar-refractivity contribution in [2.45, 2.75) is 55.9 Å². The summed E-state index contributed by atoms with van der Waals surface area (Å²) in [5, 5.41) is 31.7. The molecular formula is C14H20O7. The molecule has 1 spiro atoms. The highest BCUT2D eigenvalue weighted by atomic mass is 16.6. The summed E-state index contributed by atoms with van der Waals surface area (Å²) < 4.78 is 11.3. The first-order valence-electron chi connectivity index (χ1n) is 6.88. The molecule has 7 heteroatoms. The van der Waals surface area contributed by atoms with Crippen LogP contribution in [0.15, 0.2) is 11.6 Å². The largest absolute Gasteiger partial charge is 0.412 e. The Morgan fingerprint density at radius 3 is 2.57 bits per heavy atom. The Kier molecular flexibility index (Phi) is 2.82. The molecule has 3 fully saturated rings. The van der Waals surface area contributed by atoms with Gasteiger partial charge in [0.2, 0.25) is 0 Å². The Bertz CT molecular complexity index is 539. The summed E-state index contributed by atoms with van der Waals surface area (Å²) in [6.07, 6.45) is -1.88. The van der Waals surface area contributed by atoms with E-state index in [-0.39, 0.29) is 11.9 Å². The van der Waals surface area contributed by atoms with Crippen molar-refractivity contribution in [2.24, 2.45) is 5.41 Å². The summed E-state index contributed by atoms with van der Waals surface area (Å²) in [5.74, 6) is -0.496. The van der Waals surface area contributed by atoms with Crippen LogP contribution in [0.2, 0.25) is 0 Å². The lowest BCUT2D eigenvalue weighted by molar-refractivity contribution is -0.268. The number of carbonyl (C=O) groups excluding carboxylic acids is 1. The van der Waals surface area contributed by atoms with Crippen LogP contribution in [0.3, 0.4) is 0 Å². The van der Waals surface area contributed by atoms with Crippen LogP contribution in [-0.4, -0.2) is 68.8 Å². The van der Waals surface area contributed by atoms with E-state index < -0.39 is 46.8 Å². The van der Waals surface area contributed by atoms with Crippen molar-refractivity contribution in [2.75, 3.05) is 6.61 Å². The van der Waals surface area contributed by atoms with Crippen molar-refractivity contribution >= 4 is 5.78 Å². The van der Waals surface area contributed by atoms with Gasteiger partial charge in [0.15, 0.2) is 5.78 Å². The molecule has 2 aliphatic carbocycles. The molecule has 0 aromatic carbocycles. The minimum atomic E-state index is -1.77. The number of aliphatic hydroxyl groups is 3. The number of fused-ring (bicyclic) bond motifs is 2. The number of Topliss-reactive ketones (excluding diaryl/α,β-unsaturated/α-hetero) is 1. The van der Waals surface area contributed by atoms with Gasteiger partial charge < -0.3 is 30.3 Å². The highest BCUT2D eigenvalue weighted by Gasteiger charge is 2.83. The maximum atomic E-state index is 12.1. The van der Waals surface area contributed by atoms with E-state index >= 15 is 0 Å². The van der Waals surface area contributed by atoms with Gasteiger partial charge in [0.05, 0.1) is 12.7 Å². The first-order valence-corrected chi connectivity index (χ1v) is 6.88. The molecule has 7 unspecified atom stereocenters. The van der Waals surface area contributed by atoms with Gasteiger partial charge in [-0.3, -0.25) is 4.79 Å². The third-order valence-corrected chi connectivity index (χ3v) is 5.88. The normalized spacial score (nSPS) is 57.6. The van der Waals surface area contributed by atoms with E-state index in [1.807, 2.05) is 0 Å². The third kappa shape index (κ3) is 1.33. The van der Waals surface area contributed by atoms with Gasteiger partial charge in [0, 0.05) is 5.41 Å². The van der Waals surface area contributed by atoms with Crippen LogP contribution in [0.4, 0.5) is 0 Å². The van der Waals surface area contributed by atoms with Gasteiger partial charge in [-0.25, -0.2) is 0 Å². The van der Waals surface area contributed by atoms with Gasteiger partial charge in [-0.15, -0.1) is 0 Å². The minimum absolute atomic E-state index is 0. The summed E-state index contributed by atoms with van der Waals surface area (Å²) in [6.45, 7) is 3.72.